The highest BCUT2D eigenvalue weighted by atomic mass is 16.5. The van der Waals surface area contributed by atoms with Crippen LogP contribution in [0.1, 0.15) is 19.8 Å². The first-order chi connectivity index (χ1) is 10.6. The summed E-state index contributed by atoms with van der Waals surface area (Å²) in [6, 6.07) is 8.53. The van der Waals surface area contributed by atoms with Gasteiger partial charge in [0.1, 0.15) is 11.6 Å². The lowest BCUT2D eigenvalue weighted by atomic mass is 9.91. The number of anilines is 1. The fourth-order valence-electron chi connectivity index (χ4n) is 2.52. The van der Waals surface area contributed by atoms with E-state index in [0.29, 0.717) is 18.5 Å². The van der Waals surface area contributed by atoms with E-state index in [-0.39, 0.29) is 11.8 Å². The monoisotopic (exact) mass is 305 g/mol. The predicted molar refractivity (Wildman–Crippen MR) is 84.5 cm³/mol. The van der Waals surface area contributed by atoms with Gasteiger partial charge in [-0.2, -0.15) is 0 Å². The maximum atomic E-state index is 12.5. The van der Waals surface area contributed by atoms with E-state index in [1.807, 2.05) is 18.2 Å². The third kappa shape index (κ3) is 3.84. The van der Waals surface area contributed by atoms with Crippen LogP contribution in [0.15, 0.2) is 30.3 Å². The van der Waals surface area contributed by atoms with Gasteiger partial charge in [0.2, 0.25) is 5.91 Å². The minimum atomic E-state index is -0.841. The summed E-state index contributed by atoms with van der Waals surface area (Å²) in [7, 11) is 1.54. The van der Waals surface area contributed by atoms with E-state index in [4.69, 9.17) is 4.74 Å². The lowest BCUT2D eigenvalue weighted by Gasteiger charge is -2.35. The topological polar surface area (TPSA) is 79.5 Å². The molecule has 3 N–H and O–H groups in total. The van der Waals surface area contributed by atoms with Crippen LogP contribution in [0, 0.1) is 0 Å². The molecular weight excluding hydrogens is 282 g/mol. The quantitative estimate of drug-likeness (QED) is 0.755. The number of rotatable bonds is 5. The average molecular weight is 305 g/mol. The van der Waals surface area contributed by atoms with Crippen molar-refractivity contribution in [3.05, 3.63) is 30.3 Å². The summed E-state index contributed by atoms with van der Waals surface area (Å²) in [5, 5.41) is 8.73. The third-order valence-electron chi connectivity index (χ3n) is 4.00. The molecule has 0 spiro atoms. The van der Waals surface area contributed by atoms with Crippen LogP contribution in [0.2, 0.25) is 0 Å². The van der Waals surface area contributed by atoms with Gasteiger partial charge in [-0.1, -0.05) is 18.2 Å². The van der Waals surface area contributed by atoms with Gasteiger partial charge < -0.3 is 20.7 Å². The number of ether oxygens (including phenoxy) is 1. The highest BCUT2D eigenvalue weighted by Gasteiger charge is 2.40. The standard InChI is InChI=1S/C16H23N3O3/c1-12(14(20)19-13-6-4-3-5-7-13)18-15(21)16(22-2)8-10-17-11-9-16/h3-7,12,17H,8-11H2,1-2H3,(H,18,21)(H,19,20). The molecular formula is C16H23N3O3. The molecule has 1 aliphatic heterocycles. The second kappa shape index (κ2) is 7.38. The van der Waals surface area contributed by atoms with Crippen molar-refractivity contribution in [2.75, 3.05) is 25.5 Å². The summed E-state index contributed by atoms with van der Waals surface area (Å²) < 4.78 is 5.46. The smallest absolute Gasteiger partial charge is 0.252 e. The van der Waals surface area contributed by atoms with E-state index in [9.17, 15) is 9.59 Å². The molecule has 1 saturated heterocycles. The molecule has 1 aromatic rings. The maximum Gasteiger partial charge on any atom is 0.252 e. The van der Waals surface area contributed by atoms with Crippen LogP contribution in [0.4, 0.5) is 5.69 Å². The second-order valence-corrected chi connectivity index (χ2v) is 5.50. The largest absolute Gasteiger partial charge is 0.368 e. The first-order valence-corrected chi connectivity index (χ1v) is 7.50. The van der Waals surface area contributed by atoms with Crippen LogP contribution in [0.3, 0.4) is 0 Å². The van der Waals surface area contributed by atoms with Crippen molar-refractivity contribution < 1.29 is 14.3 Å². The van der Waals surface area contributed by atoms with Crippen LogP contribution in [0.25, 0.3) is 0 Å². The molecule has 0 saturated carbocycles. The second-order valence-electron chi connectivity index (χ2n) is 5.50. The molecule has 22 heavy (non-hydrogen) atoms. The van der Waals surface area contributed by atoms with Crippen molar-refractivity contribution in [1.82, 2.24) is 10.6 Å². The summed E-state index contributed by atoms with van der Waals surface area (Å²) in [5.41, 5.74) is -0.135. The molecule has 0 aliphatic carbocycles. The Bertz CT molecular complexity index is 513. The van der Waals surface area contributed by atoms with Gasteiger partial charge in [0.25, 0.3) is 5.91 Å². The highest BCUT2D eigenvalue weighted by molar-refractivity contribution is 5.98. The Morgan fingerprint density at radius 1 is 1.23 bits per heavy atom. The fourth-order valence-corrected chi connectivity index (χ4v) is 2.52. The van der Waals surface area contributed by atoms with Crippen LogP contribution in [-0.2, 0) is 14.3 Å². The van der Waals surface area contributed by atoms with Crippen molar-refractivity contribution in [3.8, 4) is 0 Å². The molecule has 120 valence electrons. The van der Waals surface area contributed by atoms with Gasteiger partial charge >= 0.3 is 0 Å². The van der Waals surface area contributed by atoms with Gasteiger partial charge in [-0.25, -0.2) is 0 Å². The molecule has 1 aromatic carbocycles. The van der Waals surface area contributed by atoms with Crippen molar-refractivity contribution in [2.24, 2.45) is 0 Å². The summed E-state index contributed by atoms with van der Waals surface area (Å²) >= 11 is 0. The Morgan fingerprint density at radius 3 is 2.45 bits per heavy atom. The molecule has 0 bridgehead atoms. The number of piperidine rings is 1. The van der Waals surface area contributed by atoms with Crippen LogP contribution >= 0.6 is 0 Å². The highest BCUT2D eigenvalue weighted by Crippen LogP contribution is 2.22. The normalized spacial score (nSPS) is 18.3. The number of methoxy groups -OCH3 is 1. The number of hydrogen-bond donors (Lipinski definition) is 3. The van der Waals surface area contributed by atoms with Crippen LogP contribution in [0.5, 0.6) is 0 Å². The van der Waals surface area contributed by atoms with Gasteiger partial charge in [0.15, 0.2) is 0 Å². The zero-order chi connectivity index (χ0) is 16.0. The Balaban J connectivity index is 1.94. The lowest BCUT2D eigenvalue weighted by molar-refractivity contribution is -0.148. The van der Waals surface area contributed by atoms with Gasteiger partial charge in [-0.05, 0) is 45.0 Å². The third-order valence-corrected chi connectivity index (χ3v) is 4.00. The summed E-state index contributed by atoms with van der Waals surface area (Å²) in [4.78, 5) is 24.6. The number of benzene rings is 1. The SMILES string of the molecule is COC1(C(=O)NC(C)C(=O)Nc2ccccc2)CCNCC1. The zero-order valence-electron chi connectivity index (χ0n) is 13.0. The number of carbonyl (C=O) groups is 2. The average Bonchev–Trinajstić information content (AvgIpc) is 2.56. The lowest BCUT2D eigenvalue weighted by Crippen LogP contribution is -2.57. The summed E-state index contributed by atoms with van der Waals surface area (Å²) in [6.07, 6.45) is 1.20. The Kier molecular flexibility index (Phi) is 5.51. The Labute approximate surface area is 130 Å². The molecule has 1 aliphatic rings. The number of hydrogen-bond acceptors (Lipinski definition) is 4. The zero-order valence-corrected chi connectivity index (χ0v) is 13.0. The van der Waals surface area contributed by atoms with Gasteiger partial charge in [0.05, 0.1) is 0 Å². The van der Waals surface area contributed by atoms with E-state index in [1.165, 1.54) is 0 Å². The molecule has 2 amide bonds. The van der Waals surface area contributed by atoms with E-state index >= 15 is 0 Å². The molecule has 0 aromatic heterocycles. The number of amides is 2. The molecule has 1 heterocycles. The first-order valence-electron chi connectivity index (χ1n) is 7.50. The predicted octanol–water partition coefficient (Wildman–Crippen LogP) is 0.898. The number of para-hydroxylation sites is 1. The Morgan fingerprint density at radius 2 is 1.86 bits per heavy atom. The minimum absolute atomic E-state index is 0.229. The molecule has 6 heteroatoms. The van der Waals surface area contributed by atoms with Crippen LogP contribution in [-0.4, -0.2) is 43.7 Å². The van der Waals surface area contributed by atoms with E-state index in [0.717, 1.165) is 13.1 Å². The van der Waals surface area contributed by atoms with E-state index in [2.05, 4.69) is 16.0 Å². The first kappa shape index (κ1) is 16.5. The molecule has 1 fully saturated rings. The van der Waals surface area contributed by atoms with Gasteiger partial charge in [-0.3, -0.25) is 9.59 Å². The van der Waals surface area contributed by atoms with Gasteiger partial charge in [0, 0.05) is 12.8 Å². The molecule has 1 atom stereocenters. The summed E-state index contributed by atoms with van der Waals surface area (Å²) in [6.45, 7) is 3.12. The maximum absolute atomic E-state index is 12.5. The van der Waals surface area contributed by atoms with Crippen molar-refractivity contribution in [3.63, 3.8) is 0 Å². The van der Waals surface area contributed by atoms with Crippen LogP contribution < -0.4 is 16.0 Å². The molecule has 1 unspecified atom stereocenters. The Hall–Kier alpha value is -1.92. The van der Waals surface area contributed by atoms with Crippen molar-refractivity contribution >= 4 is 17.5 Å². The van der Waals surface area contributed by atoms with E-state index < -0.39 is 11.6 Å². The van der Waals surface area contributed by atoms with Crippen molar-refractivity contribution in [2.45, 2.75) is 31.4 Å². The number of carbonyl (C=O) groups excluding carboxylic acids is 2. The minimum Gasteiger partial charge on any atom is -0.368 e. The van der Waals surface area contributed by atoms with Crippen molar-refractivity contribution in [1.29, 1.82) is 0 Å². The molecule has 2 rings (SSSR count). The number of nitrogens with one attached hydrogen (secondary N) is 3. The molecule has 6 nitrogen and oxygen atoms in total. The molecule has 0 radical (unpaired) electrons. The van der Waals surface area contributed by atoms with Gasteiger partial charge in [-0.15, -0.1) is 0 Å². The fraction of sp³-hybridized carbons (Fsp3) is 0.500. The summed E-state index contributed by atoms with van der Waals surface area (Å²) in [5.74, 6) is -0.480. The van der Waals surface area contributed by atoms with E-state index in [1.54, 1.807) is 26.2 Å².